The van der Waals surface area contributed by atoms with Crippen LogP contribution in [0.25, 0.3) is 11.0 Å². The van der Waals surface area contributed by atoms with Gasteiger partial charge >= 0.3 is 6.18 Å². The summed E-state index contributed by atoms with van der Waals surface area (Å²) in [5.74, 6) is -3.62. The molecular weight excluding hydrogens is 477 g/mol. The first-order chi connectivity index (χ1) is 16.5. The van der Waals surface area contributed by atoms with E-state index in [2.05, 4.69) is 10.3 Å². The van der Waals surface area contributed by atoms with Crippen LogP contribution in [0.3, 0.4) is 0 Å². The predicted octanol–water partition coefficient (Wildman–Crippen LogP) is 3.78. The molecule has 7 nitrogen and oxygen atoms in total. The van der Waals surface area contributed by atoms with Gasteiger partial charge in [-0.2, -0.15) is 13.2 Å². The average Bonchev–Trinajstić information content (AvgIpc) is 3.25. The van der Waals surface area contributed by atoms with E-state index in [0.717, 1.165) is 6.20 Å². The van der Waals surface area contributed by atoms with Crippen LogP contribution in [-0.2, 0) is 12.8 Å². The van der Waals surface area contributed by atoms with Crippen molar-refractivity contribution in [2.75, 3.05) is 26.2 Å². The van der Waals surface area contributed by atoms with Crippen LogP contribution < -0.4 is 10.1 Å². The minimum absolute atomic E-state index is 0.0271. The Bertz CT molecular complexity index is 1230. The number of benzene rings is 1. The molecule has 1 atom stereocenters. The van der Waals surface area contributed by atoms with Crippen LogP contribution in [0.2, 0.25) is 0 Å². The Labute approximate surface area is 196 Å². The molecule has 0 bridgehead atoms. The Morgan fingerprint density at radius 1 is 1.34 bits per heavy atom. The number of β-amino-alcohol motifs (C(OH)–C–C–N with tert-alkyl or cyclic N) is 1. The fourth-order valence-electron chi connectivity index (χ4n) is 4.10. The molecule has 188 valence electrons. The molecule has 0 aliphatic carbocycles. The van der Waals surface area contributed by atoms with Crippen LogP contribution >= 0.6 is 0 Å². The highest BCUT2D eigenvalue weighted by molar-refractivity contribution is 6.07. The normalized spacial score (nSPS) is 18.2. The molecule has 1 unspecified atom stereocenters. The third kappa shape index (κ3) is 5.22. The van der Waals surface area contributed by atoms with Gasteiger partial charge in [-0.05, 0) is 31.2 Å². The summed E-state index contributed by atoms with van der Waals surface area (Å²) >= 11 is 0. The third-order valence-corrected chi connectivity index (χ3v) is 5.72. The van der Waals surface area contributed by atoms with E-state index in [9.17, 15) is 26.7 Å². The largest absolute Gasteiger partial charge is 0.489 e. The van der Waals surface area contributed by atoms with Crippen LogP contribution in [0.15, 0.2) is 40.9 Å². The summed E-state index contributed by atoms with van der Waals surface area (Å²) in [7, 11) is 0. The molecule has 1 aromatic carbocycles. The van der Waals surface area contributed by atoms with Gasteiger partial charge in [0.15, 0.2) is 5.69 Å². The number of nitrogens with zero attached hydrogens (tertiary/aromatic N) is 2. The lowest BCUT2D eigenvalue weighted by molar-refractivity contribution is -0.142. The van der Waals surface area contributed by atoms with E-state index in [1.54, 1.807) is 0 Å². The van der Waals surface area contributed by atoms with E-state index in [-0.39, 0.29) is 53.3 Å². The van der Waals surface area contributed by atoms with E-state index in [1.165, 1.54) is 42.2 Å². The molecule has 1 aliphatic heterocycles. The summed E-state index contributed by atoms with van der Waals surface area (Å²) in [6.07, 6.45) is -3.61. The molecule has 2 N–H and O–H groups in total. The van der Waals surface area contributed by atoms with Crippen molar-refractivity contribution in [3.63, 3.8) is 0 Å². The van der Waals surface area contributed by atoms with E-state index in [4.69, 9.17) is 14.3 Å². The number of amides is 1. The molecule has 4 rings (SSSR count). The molecule has 12 heteroatoms. The standard InChI is InChI=1S/C23H22F5N3O4/c1-13-19(21(33)30-18-10-31(7-8-32)12-22(18,24)25)16-9-15(4-5-17(16)35-13)34-11-14-3-2-6-29-20(14)23(26,27)28/h2-6,9,18,32H,7-8,10-12H2,1H3,(H,30,33). The number of hydrogen-bond acceptors (Lipinski definition) is 6. The SMILES string of the molecule is Cc1oc2ccc(OCc3cccnc3C(F)(F)F)cc2c1C(=O)NC1CN(CCO)CC1(F)F. The monoisotopic (exact) mass is 499 g/mol. The Kier molecular flexibility index (Phi) is 6.69. The number of nitrogens with one attached hydrogen (secondary N) is 1. The van der Waals surface area contributed by atoms with Crippen molar-refractivity contribution in [2.24, 2.45) is 0 Å². The number of likely N-dealkylation sites (tertiary alicyclic amines) is 1. The Hall–Kier alpha value is -3.25. The zero-order valence-electron chi connectivity index (χ0n) is 18.5. The zero-order chi connectivity index (χ0) is 25.4. The lowest BCUT2D eigenvalue weighted by Gasteiger charge is -2.19. The molecule has 1 fully saturated rings. The van der Waals surface area contributed by atoms with Crippen LogP contribution in [-0.4, -0.2) is 59.1 Å². The number of ether oxygens (including phenoxy) is 1. The van der Waals surface area contributed by atoms with Gasteiger partial charge in [0.2, 0.25) is 0 Å². The summed E-state index contributed by atoms with van der Waals surface area (Å²) in [6, 6.07) is 5.51. The number of furan rings is 1. The fourth-order valence-corrected chi connectivity index (χ4v) is 4.10. The number of fused-ring (bicyclic) bond motifs is 1. The van der Waals surface area contributed by atoms with Crippen molar-refractivity contribution in [1.82, 2.24) is 15.2 Å². The maximum Gasteiger partial charge on any atom is 0.433 e. The summed E-state index contributed by atoms with van der Waals surface area (Å²) in [4.78, 5) is 17.7. The van der Waals surface area contributed by atoms with Crippen molar-refractivity contribution in [3.8, 4) is 5.75 Å². The number of aromatic nitrogens is 1. The zero-order valence-corrected chi connectivity index (χ0v) is 18.5. The van der Waals surface area contributed by atoms with Crippen LogP contribution in [0.5, 0.6) is 5.75 Å². The van der Waals surface area contributed by atoms with Gasteiger partial charge in [0.1, 0.15) is 29.7 Å². The highest BCUT2D eigenvalue weighted by Gasteiger charge is 2.48. The summed E-state index contributed by atoms with van der Waals surface area (Å²) < 4.78 is 79.4. The number of aliphatic hydroxyl groups excluding tert-OH is 1. The van der Waals surface area contributed by atoms with Gasteiger partial charge < -0.3 is 19.6 Å². The van der Waals surface area contributed by atoms with Crippen molar-refractivity contribution >= 4 is 16.9 Å². The molecule has 1 aliphatic rings. The second kappa shape index (κ2) is 9.42. The average molecular weight is 499 g/mol. The number of aryl methyl sites for hydroxylation is 1. The van der Waals surface area contributed by atoms with Gasteiger partial charge in [-0.3, -0.25) is 14.7 Å². The molecule has 0 radical (unpaired) electrons. The molecule has 0 spiro atoms. The van der Waals surface area contributed by atoms with E-state index in [0.29, 0.717) is 0 Å². The van der Waals surface area contributed by atoms with Gasteiger partial charge in [0, 0.05) is 30.2 Å². The number of halogens is 5. The van der Waals surface area contributed by atoms with Gasteiger partial charge in [-0.25, -0.2) is 8.78 Å². The third-order valence-electron chi connectivity index (χ3n) is 5.72. The van der Waals surface area contributed by atoms with Gasteiger partial charge in [-0.15, -0.1) is 0 Å². The summed E-state index contributed by atoms with van der Waals surface area (Å²) in [5, 5.41) is 11.6. The van der Waals surface area contributed by atoms with Crippen molar-refractivity contribution in [3.05, 3.63) is 59.1 Å². The fraction of sp³-hybridized carbons (Fsp3) is 0.391. The smallest absolute Gasteiger partial charge is 0.433 e. The van der Waals surface area contributed by atoms with Crippen molar-refractivity contribution < 1.29 is 41.0 Å². The van der Waals surface area contributed by atoms with Gasteiger partial charge in [0.25, 0.3) is 11.8 Å². The summed E-state index contributed by atoms with van der Waals surface area (Å²) in [5.41, 5.74) is -0.915. The Balaban J connectivity index is 1.55. The molecule has 3 aromatic rings. The van der Waals surface area contributed by atoms with Crippen molar-refractivity contribution in [2.45, 2.75) is 31.7 Å². The Morgan fingerprint density at radius 2 is 2.11 bits per heavy atom. The van der Waals surface area contributed by atoms with Gasteiger partial charge in [0.05, 0.1) is 18.7 Å². The number of pyridine rings is 1. The molecule has 1 saturated heterocycles. The first-order valence-electron chi connectivity index (χ1n) is 10.7. The topological polar surface area (TPSA) is 87.8 Å². The number of rotatable bonds is 7. The van der Waals surface area contributed by atoms with Crippen LogP contribution in [0.1, 0.15) is 27.4 Å². The number of aliphatic hydroxyl groups is 1. The predicted molar refractivity (Wildman–Crippen MR) is 114 cm³/mol. The molecule has 3 heterocycles. The summed E-state index contributed by atoms with van der Waals surface area (Å²) in [6.45, 7) is 0.135. The van der Waals surface area contributed by atoms with E-state index >= 15 is 0 Å². The maximum absolute atomic E-state index is 14.4. The highest BCUT2D eigenvalue weighted by atomic mass is 19.4. The number of hydrogen-bond donors (Lipinski definition) is 2. The molecule has 0 saturated carbocycles. The minimum atomic E-state index is -4.65. The second-order valence-electron chi connectivity index (χ2n) is 8.23. The molecule has 1 amide bonds. The number of carbonyl (C=O) groups is 1. The maximum atomic E-state index is 14.4. The lowest BCUT2D eigenvalue weighted by Crippen LogP contribution is -2.46. The van der Waals surface area contributed by atoms with Crippen LogP contribution in [0, 0.1) is 6.92 Å². The Morgan fingerprint density at radius 3 is 2.83 bits per heavy atom. The highest BCUT2D eigenvalue weighted by Crippen LogP contribution is 2.33. The second-order valence-corrected chi connectivity index (χ2v) is 8.23. The van der Waals surface area contributed by atoms with Gasteiger partial charge in [-0.1, -0.05) is 6.07 Å². The van der Waals surface area contributed by atoms with E-state index < -0.39 is 42.9 Å². The molecular formula is C23H22F5N3O4. The minimum Gasteiger partial charge on any atom is -0.489 e. The molecule has 35 heavy (non-hydrogen) atoms. The number of carbonyl (C=O) groups excluding carboxylic acids is 1. The first kappa shape index (κ1) is 24.9. The lowest BCUT2D eigenvalue weighted by atomic mass is 10.1. The van der Waals surface area contributed by atoms with Crippen LogP contribution in [0.4, 0.5) is 22.0 Å². The first-order valence-corrected chi connectivity index (χ1v) is 10.7. The quantitative estimate of drug-likeness (QED) is 0.482. The number of alkyl halides is 5. The van der Waals surface area contributed by atoms with Crippen molar-refractivity contribution in [1.29, 1.82) is 0 Å². The molecule has 2 aromatic heterocycles. The van der Waals surface area contributed by atoms with E-state index in [1.807, 2.05) is 0 Å².